The Bertz CT molecular complexity index is 937. The van der Waals surface area contributed by atoms with Gasteiger partial charge in [0.25, 0.3) is 0 Å². The minimum atomic E-state index is -0.276. The monoisotopic (exact) mass is 357 g/mol. The highest BCUT2D eigenvalue weighted by atomic mass is 32.2. The molecule has 7 heteroatoms. The van der Waals surface area contributed by atoms with Crippen LogP contribution in [0.5, 0.6) is 5.75 Å². The molecule has 1 aromatic carbocycles. The highest BCUT2D eigenvalue weighted by molar-refractivity contribution is 7.99. The smallest absolute Gasteiger partial charge is 0.316 e. The van der Waals surface area contributed by atoms with Crippen LogP contribution in [0.3, 0.4) is 0 Å². The van der Waals surface area contributed by atoms with E-state index in [0.29, 0.717) is 0 Å². The summed E-state index contributed by atoms with van der Waals surface area (Å²) >= 11 is 1.38. The maximum atomic E-state index is 11.5. The predicted octanol–water partition coefficient (Wildman–Crippen LogP) is 3.29. The van der Waals surface area contributed by atoms with E-state index in [1.54, 1.807) is 11.6 Å². The second kappa shape index (κ2) is 7.14. The summed E-state index contributed by atoms with van der Waals surface area (Å²) < 4.78 is 12.0. The fraction of sp³-hybridized carbons (Fsp3) is 0.278. The number of fused-ring (bicyclic) bond motifs is 1. The summed E-state index contributed by atoms with van der Waals surface area (Å²) in [7, 11) is 3.03. The molecule has 0 amide bonds. The average molecular weight is 357 g/mol. The van der Waals surface area contributed by atoms with Gasteiger partial charge in [-0.2, -0.15) is 5.10 Å². The largest absolute Gasteiger partial charge is 0.496 e. The number of benzene rings is 1. The molecule has 2 aromatic heterocycles. The highest BCUT2D eigenvalue weighted by Crippen LogP contribution is 2.35. The summed E-state index contributed by atoms with van der Waals surface area (Å²) in [5.41, 5.74) is 4.33. The van der Waals surface area contributed by atoms with Crippen molar-refractivity contribution in [3.05, 3.63) is 41.7 Å². The molecule has 0 fully saturated rings. The summed E-state index contributed by atoms with van der Waals surface area (Å²) in [6.07, 6.45) is 0. The normalized spacial score (nSPS) is 10.9. The fourth-order valence-electron chi connectivity index (χ4n) is 2.67. The van der Waals surface area contributed by atoms with Gasteiger partial charge in [0.05, 0.1) is 31.2 Å². The van der Waals surface area contributed by atoms with Crippen molar-refractivity contribution in [2.45, 2.75) is 18.9 Å². The molecule has 0 spiro atoms. The lowest BCUT2D eigenvalue weighted by Gasteiger charge is -2.09. The Balaban J connectivity index is 2.17. The van der Waals surface area contributed by atoms with Gasteiger partial charge >= 0.3 is 5.97 Å². The standard InChI is InChI=1S/C18H19N3O3S/c1-11-9-15(25-10-16(22)24-4)21-18(19-11)17(12(2)20-21)13-7-5-6-8-14(13)23-3/h5-9H,10H2,1-4H3. The van der Waals surface area contributed by atoms with Gasteiger partial charge in [0, 0.05) is 11.3 Å². The van der Waals surface area contributed by atoms with Crippen LogP contribution < -0.4 is 4.74 Å². The number of thioether (sulfide) groups is 1. The van der Waals surface area contributed by atoms with Crippen molar-refractivity contribution in [1.82, 2.24) is 14.6 Å². The Labute approximate surface area is 150 Å². The van der Waals surface area contributed by atoms with Crippen molar-refractivity contribution in [3.63, 3.8) is 0 Å². The number of esters is 1. The molecular weight excluding hydrogens is 338 g/mol. The Hall–Kier alpha value is -2.54. The van der Waals surface area contributed by atoms with Gasteiger partial charge in [-0.3, -0.25) is 4.79 Å². The number of aromatic nitrogens is 3. The van der Waals surface area contributed by atoms with Crippen LogP contribution in [0.1, 0.15) is 11.4 Å². The molecule has 0 unspecified atom stereocenters. The predicted molar refractivity (Wildman–Crippen MR) is 97.2 cm³/mol. The molecule has 0 N–H and O–H groups in total. The van der Waals surface area contributed by atoms with Gasteiger partial charge in [0.15, 0.2) is 5.65 Å². The Kier molecular flexibility index (Phi) is 4.94. The molecule has 0 aliphatic rings. The van der Waals surface area contributed by atoms with E-state index < -0.39 is 0 Å². The third-order valence-corrected chi connectivity index (χ3v) is 4.77. The zero-order valence-corrected chi connectivity index (χ0v) is 15.4. The minimum absolute atomic E-state index is 0.220. The van der Waals surface area contributed by atoms with Crippen LogP contribution in [0.25, 0.3) is 16.8 Å². The van der Waals surface area contributed by atoms with Crippen molar-refractivity contribution in [2.24, 2.45) is 0 Å². The first-order valence-electron chi connectivity index (χ1n) is 7.75. The van der Waals surface area contributed by atoms with Crippen molar-refractivity contribution in [3.8, 4) is 16.9 Å². The number of carbonyl (C=O) groups excluding carboxylic acids is 1. The van der Waals surface area contributed by atoms with E-state index in [-0.39, 0.29) is 11.7 Å². The van der Waals surface area contributed by atoms with Gasteiger partial charge in [-0.1, -0.05) is 30.0 Å². The van der Waals surface area contributed by atoms with Crippen LogP contribution in [0.15, 0.2) is 35.4 Å². The SMILES string of the molecule is COC(=O)CSc1cc(C)nc2c(-c3ccccc3OC)c(C)nn12. The zero-order valence-electron chi connectivity index (χ0n) is 14.6. The number of hydrogen-bond acceptors (Lipinski definition) is 6. The molecule has 0 aliphatic carbocycles. The van der Waals surface area contributed by atoms with Crippen LogP contribution in [-0.4, -0.2) is 40.5 Å². The number of rotatable bonds is 5. The second-order valence-corrected chi connectivity index (χ2v) is 6.49. The molecule has 3 rings (SSSR count). The van der Waals surface area contributed by atoms with Crippen molar-refractivity contribution < 1.29 is 14.3 Å². The van der Waals surface area contributed by atoms with Gasteiger partial charge in [0.2, 0.25) is 0 Å². The molecule has 3 aromatic rings. The maximum Gasteiger partial charge on any atom is 0.316 e. The second-order valence-electron chi connectivity index (χ2n) is 5.50. The zero-order chi connectivity index (χ0) is 18.0. The summed E-state index contributed by atoms with van der Waals surface area (Å²) in [6.45, 7) is 3.87. The maximum absolute atomic E-state index is 11.5. The van der Waals surface area contributed by atoms with Crippen LogP contribution in [0, 0.1) is 13.8 Å². The number of para-hydroxylation sites is 1. The van der Waals surface area contributed by atoms with Gasteiger partial charge in [-0.25, -0.2) is 9.50 Å². The number of ether oxygens (including phenoxy) is 2. The number of methoxy groups -OCH3 is 2. The molecule has 0 saturated carbocycles. The van der Waals surface area contributed by atoms with Gasteiger partial charge in [-0.05, 0) is 26.0 Å². The summed E-state index contributed by atoms with van der Waals surface area (Å²) in [6, 6.07) is 9.72. The molecule has 25 heavy (non-hydrogen) atoms. The average Bonchev–Trinajstić information content (AvgIpc) is 2.94. The fourth-order valence-corrected chi connectivity index (χ4v) is 3.56. The molecular formula is C18H19N3O3S. The lowest BCUT2D eigenvalue weighted by Crippen LogP contribution is -2.05. The number of aryl methyl sites for hydroxylation is 2. The van der Waals surface area contributed by atoms with Crippen LogP contribution in [0.2, 0.25) is 0 Å². The molecule has 0 aliphatic heterocycles. The molecule has 0 radical (unpaired) electrons. The van der Waals surface area contributed by atoms with E-state index >= 15 is 0 Å². The number of hydrogen-bond donors (Lipinski definition) is 0. The van der Waals surface area contributed by atoms with E-state index in [4.69, 9.17) is 9.47 Å². The van der Waals surface area contributed by atoms with Crippen LogP contribution >= 0.6 is 11.8 Å². The third kappa shape index (κ3) is 3.32. The van der Waals surface area contributed by atoms with Crippen molar-refractivity contribution in [1.29, 1.82) is 0 Å². The Morgan fingerprint density at radius 3 is 2.72 bits per heavy atom. The molecule has 6 nitrogen and oxygen atoms in total. The van der Waals surface area contributed by atoms with E-state index in [9.17, 15) is 4.79 Å². The summed E-state index contributed by atoms with van der Waals surface area (Å²) in [5.74, 6) is 0.715. The molecule has 130 valence electrons. The van der Waals surface area contributed by atoms with Crippen LogP contribution in [0.4, 0.5) is 0 Å². The molecule has 0 atom stereocenters. The topological polar surface area (TPSA) is 65.7 Å². The van der Waals surface area contributed by atoms with Crippen molar-refractivity contribution in [2.75, 3.05) is 20.0 Å². The minimum Gasteiger partial charge on any atom is -0.496 e. The van der Waals surface area contributed by atoms with E-state index in [2.05, 4.69) is 10.1 Å². The highest BCUT2D eigenvalue weighted by Gasteiger charge is 2.19. The van der Waals surface area contributed by atoms with E-state index in [1.807, 2.05) is 44.2 Å². The van der Waals surface area contributed by atoms with E-state index in [1.165, 1.54) is 18.9 Å². The lowest BCUT2D eigenvalue weighted by atomic mass is 10.1. The third-order valence-electron chi connectivity index (χ3n) is 3.80. The summed E-state index contributed by atoms with van der Waals surface area (Å²) in [4.78, 5) is 16.1. The molecule has 2 heterocycles. The summed E-state index contributed by atoms with van der Waals surface area (Å²) in [5, 5.41) is 5.48. The molecule has 0 saturated heterocycles. The lowest BCUT2D eigenvalue weighted by molar-refractivity contribution is -0.137. The van der Waals surface area contributed by atoms with Gasteiger partial charge in [-0.15, -0.1) is 0 Å². The Morgan fingerprint density at radius 2 is 2.00 bits per heavy atom. The van der Waals surface area contributed by atoms with Gasteiger partial charge < -0.3 is 9.47 Å². The first-order chi connectivity index (χ1) is 12.0. The van der Waals surface area contributed by atoms with E-state index in [0.717, 1.165) is 38.9 Å². The van der Waals surface area contributed by atoms with Crippen LogP contribution in [-0.2, 0) is 9.53 Å². The first kappa shape index (κ1) is 17.3. The Morgan fingerprint density at radius 1 is 1.24 bits per heavy atom. The quantitative estimate of drug-likeness (QED) is 0.397. The van der Waals surface area contributed by atoms with Gasteiger partial charge in [0.1, 0.15) is 10.8 Å². The number of nitrogens with zero attached hydrogens (tertiary/aromatic N) is 3. The number of carbonyl (C=O) groups is 1. The van der Waals surface area contributed by atoms with Crippen molar-refractivity contribution >= 4 is 23.4 Å². The molecule has 0 bridgehead atoms. The first-order valence-corrected chi connectivity index (χ1v) is 8.73.